The Kier molecular flexibility index (Phi) is 7.78. The summed E-state index contributed by atoms with van der Waals surface area (Å²) in [6, 6.07) is 17.3. The molecule has 4 aromatic rings. The largest absolute Gasteiger partial charge is 0.467 e. The van der Waals surface area contributed by atoms with E-state index in [4.69, 9.17) is 13.9 Å². The van der Waals surface area contributed by atoms with Crippen molar-refractivity contribution < 1.29 is 38.8 Å². The number of rotatable bonds is 6. The molecule has 4 heterocycles. The molecular formula is C32H32N6O8. The summed E-state index contributed by atoms with van der Waals surface area (Å²) in [5.74, 6) is 0.323. The summed E-state index contributed by atoms with van der Waals surface area (Å²) in [5, 5.41) is 40.2. The number of hydrogen-bond acceptors (Lipinski definition) is 11. The number of furan rings is 1. The van der Waals surface area contributed by atoms with Crippen molar-refractivity contribution in [3.63, 3.8) is 0 Å². The van der Waals surface area contributed by atoms with Crippen molar-refractivity contribution in [3.05, 3.63) is 95.8 Å². The van der Waals surface area contributed by atoms with Crippen LogP contribution in [0.3, 0.4) is 0 Å². The van der Waals surface area contributed by atoms with Crippen molar-refractivity contribution in [2.75, 3.05) is 18.5 Å². The number of aliphatic hydroxyl groups is 3. The number of ether oxygens (including phenoxy) is 2. The topological polar surface area (TPSA) is 193 Å². The van der Waals surface area contributed by atoms with E-state index in [1.807, 2.05) is 48.5 Å². The Morgan fingerprint density at radius 2 is 1.74 bits per heavy atom. The van der Waals surface area contributed by atoms with Gasteiger partial charge in [0.15, 0.2) is 12.3 Å². The highest BCUT2D eigenvalue weighted by atomic mass is 16.6. The molecule has 1 unspecified atom stereocenters. The number of amides is 2. The van der Waals surface area contributed by atoms with Crippen molar-refractivity contribution in [2.24, 2.45) is 4.99 Å². The number of hydrogen-bond donors (Lipinski definition) is 6. The minimum atomic E-state index is -1.57. The fourth-order valence-corrected chi connectivity index (χ4v) is 6.38. The van der Waals surface area contributed by atoms with Gasteiger partial charge in [0.2, 0.25) is 11.9 Å². The zero-order valence-electron chi connectivity index (χ0n) is 24.6. The fourth-order valence-electron chi connectivity index (χ4n) is 6.38. The maximum Gasteiger partial charge on any atom is 0.407 e. The molecule has 6 N–H and O–H groups in total. The summed E-state index contributed by atoms with van der Waals surface area (Å²) in [7, 11) is 0. The average Bonchev–Trinajstić information content (AvgIpc) is 3.81. The van der Waals surface area contributed by atoms with E-state index in [2.05, 4.69) is 25.9 Å². The first-order valence-corrected chi connectivity index (χ1v) is 14.8. The van der Waals surface area contributed by atoms with E-state index in [1.54, 1.807) is 12.1 Å². The number of alkyl carbamates (subject to hydrolysis) is 1. The van der Waals surface area contributed by atoms with E-state index < -0.39 is 49.3 Å². The highest BCUT2D eigenvalue weighted by Gasteiger charge is 2.47. The lowest BCUT2D eigenvalue weighted by atomic mass is 9.96. The van der Waals surface area contributed by atoms with Gasteiger partial charge in [0.1, 0.15) is 48.2 Å². The number of guanidine groups is 1. The lowest BCUT2D eigenvalue weighted by molar-refractivity contribution is -0.214. The van der Waals surface area contributed by atoms with Gasteiger partial charge in [-0.25, -0.2) is 14.8 Å². The zero-order chi connectivity index (χ0) is 31.9. The first kappa shape index (κ1) is 29.7. The predicted molar refractivity (Wildman–Crippen MR) is 163 cm³/mol. The van der Waals surface area contributed by atoms with Crippen molar-refractivity contribution in [1.29, 1.82) is 0 Å². The average molecular weight is 629 g/mol. The molecule has 14 heteroatoms. The molecule has 2 aliphatic heterocycles. The standard InChI is InChI=1S/C32H32N6O8/c1-16(40)34-31-35-24(22-11-6-12-44-22)25-29(37-31)38(15-33-25)30-26(28(42)27(41)23(13-39)46-30)36-32(43)45-14-21-19-9-4-2-7-17(19)18-8-3-5-10-20(18)21/h2-12,15,21,23-24,26-28,30,39,41-42H,13-14H2,1H3,(H,36,43)(H2,34,35,37,40)/t23-,24?,26+,27-,28-,30-/m1/s1. The summed E-state index contributed by atoms with van der Waals surface area (Å²) in [5.41, 5.74) is 4.64. The maximum atomic E-state index is 13.3. The van der Waals surface area contributed by atoms with Crippen molar-refractivity contribution in [1.82, 2.24) is 20.2 Å². The molecule has 7 rings (SSSR count). The molecular weight excluding hydrogens is 596 g/mol. The van der Waals surface area contributed by atoms with E-state index in [-0.39, 0.29) is 24.4 Å². The quantitative estimate of drug-likeness (QED) is 0.184. The van der Waals surface area contributed by atoms with E-state index in [9.17, 15) is 24.9 Å². The zero-order valence-corrected chi connectivity index (χ0v) is 24.6. The van der Waals surface area contributed by atoms with Gasteiger partial charge >= 0.3 is 6.09 Å². The number of fused-ring (bicyclic) bond motifs is 4. The fraction of sp³-hybridized carbons (Fsp3) is 0.312. The van der Waals surface area contributed by atoms with Crippen LogP contribution in [0.25, 0.3) is 11.1 Å². The van der Waals surface area contributed by atoms with Crippen molar-refractivity contribution in [2.45, 2.75) is 49.5 Å². The Hall–Kier alpha value is -5.02. The Morgan fingerprint density at radius 3 is 2.39 bits per heavy atom. The van der Waals surface area contributed by atoms with Gasteiger partial charge in [-0.15, -0.1) is 0 Å². The molecule has 3 aliphatic rings. The summed E-state index contributed by atoms with van der Waals surface area (Å²) in [6.45, 7) is 0.755. The summed E-state index contributed by atoms with van der Waals surface area (Å²) >= 11 is 0. The van der Waals surface area contributed by atoms with Crippen molar-refractivity contribution in [3.8, 4) is 11.1 Å². The Bertz CT molecular complexity index is 1740. The molecule has 1 saturated heterocycles. The van der Waals surface area contributed by atoms with E-state index in [0.29, 0.717) is 17.3 Å². The number of aliphatic imine (C=N–C) groups is 1. The summed E-state index contributed by atoms with van der Waals surface area (Å²) < 4.78 is 18.9. The van der Waals surface area contributed by atoms with Gasteiger partial charge in [-0.3, -0.25) is 14.7 Å². The number of carbonyl (C=O) groups is 2. The highest BCUT2D eigenvalue weighted by molar-refractivity contribution is 6.04. The van der Waals surface area contributed by atoms with E-state index in [1.165, 1.54) is 24.1 Å². The lowest BCUT2D eigenvalue weighted by Gasteiger charge is -2.43. The minimum absolute atomic E-state index is 0.0272. The second kappa shape index (κ2) is 12.1. The number of carbonyl (C=O) groups excluding carboxylic acids is 2. The van der Waals surface area contributed by atoms with E-state index >= 15 is 0 Å². The third kappa shape index (κ3) is 5.20. The molecule has 0 bridgehead atoms. The molecule has 6 atom stereocenters. The SMILES string of the molecule is CC(=O)NC1=NC(c2ccco2)c2ncn([C@@H]3O[C@H](CO)[C@@H](O)[C@H](O)[C@@H]3NC(=O)OCC3c4ccccc4-c4ccccc43)c2N1. The lowest BCUT2D eigenvalue weighted by Crippen LogP contribution is -2.62. The molecule has 1 aliphatic carbocycles. The van der Waals surface area contributed by atoms with Crippen LogP contribution < -0.4 is 16.0 Å². The number of aromatic nitrogens is 2. The Balaban J connectivity index is 1.16. The molecule has 46 heavy (non-hydrogen) atoms. The normalized spacial score (nSPS) is 25.0. The second-order valence-corrected chi connectivity index (χ2v) is 11.3. The maximum absolute atomic E-state index is 13.3. The first-order chi connectivity index (χ1) is 22.3. The van der Waals surface area contributed by atoms with Gasteiger partial charge < -0.3 is 39.8 Å². The van der Waals surface area contributed by atoms with Gasteiger partial charge in [0.25, 0.3) is 0 Å². The predicted octanol–water partition coefficient (Wildman–Crippen LogP) is 2.00. The van der Waals surface area contributed by atoms with Crippen LogP contribution >= 0.6 is 0 Å². The van der Waals surface area contributed by atoms with Gasteiger partial charge in [-0.2, -0.15) is 0 Å². The number of aliphatic hydroxyl groups excluding tert-OH is 3. The summed E-state index contributed by atoms with van der Waals surface area (Å²) in [6.07, 6.45) is -3.41. The monoisotopic (exact) mass is 628 g/mol. The molecule has 2 amide bonds. The molecule has 0 spiro atoms. The van der Waals surface area contributed by atoms with E-state index in [0.717, 1.165) is 22.3 Å². The Labute approximate surface area is 262 Å². The number of nitrogens with one attached hydrogen (secondary N) is 3. The molecule has 14 nitrogen and oxygen atoms in total. The number of anilines is 1. The highest BCUT2D eigenvalue weighted by Crippen LogP contribution is 2.44. The first-order valence-electron chi connectivity index (χ1n) is 14.8. The third-order valence-electron chi connectivity index (χ3n) is 8.49. The molecule has 0 radical (unpaired) electrons. The van der Waals surface area contributed by atoms with Crippen LogP contribution in [0.4, 0.5) is 10.6 Å². The molecule has 1 fully saturated rings. The van der Waals surface area contributed by atoms with Crippen LogP contribution in [0.2, 0.25) is 0 Å². The molecule has 238 valence electrons. The molecule has 2 aromatic carbocycles. The molecule has 2 aromatic heterocycles. The van der Waals surface area contributed by atoms with Gasteiger partial charge in [-0.05, 0) is 34.4 Å². The third-order valence-corrected chi connectivity index (χ3v) is 8.49. The van der Waals surface area contributed by atoms with Gasteiger partial charge in [0.05, 0.1) is 19.2 Å². The summed E-state index contributed by atoms with van der Waals surface area (Å²) in [4.78, 5) is 34.3. The number of imidazole rings is 1. The number of nitrogens with zero attached hydrogens (tertiary/aromatic N) is 3. The van der Waals surface area contributed by atoms with Crippen LogP contribution in [0.15, 0.2) is 82.7 Å². The Morgan fingerprint density at radius 1 is 1.02 bits per heavy atom. The van der Waals surface area contributed by atoms with Gasteiger partial charge in [-0.1, -0.05) is 48.5 Å². The van der Waals surface area contributed by atoms with Crippen LogP contribution in [0.1, 0.15) is 47.7 Å². The minimum Gasteiger partial charge on any atom is -0.467 e. The van der Waals surface area contributed by atoms with Crippen LogP contribution in [0, 0.1) is 0 Å². The van der Waals surface area contributed by atoms with Crippen LogP contribution in [-0.4, -0.2) is 80.4 Å². The van der Waals surface area contributed by atoms with Crippen LogP contribution in [0.5, 0.6) is 0 Å². The van der Waals surface area contributed by atoms with Crippen molar-refractivity contribution >= 4 is 23.8 Å². The molecule has 0 saturated carbocycles. The second-order valence-electron chi connectivity index (χ2n) is 11.3. The number of benzene rings is 2. The smallest absolute Gasteiger partial charge is 0.407 e. The van der Waals surface area contributed by atoms with Gasteiger partial charge in [0, 0.05) is 12.8 Å². The van der Waals surface area contributed by atoms with Crippen LogP contribution in [-0.2, 0) is 14.3 Å².